The first-order valence-corrected chi connectivity index (χ1v) is 8.26. The van der Waals surface area contributed by atoms with E-state index in [1.54, 1.807) is 0 Å². The first-order valence-electron chi connectivity index (χ1n) is 8.26. The van der Waals surface area contributed by atoms with Crippen molar-refractivity contribution in [2.24, 2.45) is 23.2 Å². The Bertz CT molecular complexity index is 531. The lowest BCUT2D eigenvalue weighted by molar-refractivity contribution is -0.146. The van der Waals surface area contributed by atoms with E-state index in [0.717, 1.165) is 48.3 Å². The summed E-state index contributed by atoms with van der Waals surface area (Å²) in [6.45, 7) is 0.563. The Balaban J connectivity index is 1.47. The number of amides is 1. The van der Waals surface area contributed by atoms with E-state index in [4.69, 9.17) is 5.73 Å². The van der Waals surface area contributed by atoms with Crippen molar-refractivity contribution in [3.63, 3.8) is 0 Å². The number of benzene rings is 1. The van der Waals surface area contributed by atoms with Crippen LogP contribution in [0.2, 0.25) is 0 Å². The van der Waals surface area contributed by atoms with Crippen molar-refractivity contribution in [1.82, 2.24) is 5.32 Å². The van der Waals surface area contributed by atoms with Crippen LogP contribution in [-0.2, 0) is 11.3 Å². The number of nitrogens with two attached hydrogens (primary N) is 1. The van der Waals surface area contributed by atoms with Crippen LogP contribution < -0.4 is 11.1 Å². The van der Waals surface area contributed by atoms with Crippen LogP contribution in [0.4, 0.5) is 5.69 Å². The van der Waals surface area contributed by atoms with Crippen LogP contribution in [0, 0.1) is 23.2 Å². The molecule has 0 atom stereocenters. The number of rotatable bonds is 3. The number of nitrogens with one attached hydrogen (secondary N) is 1. The van der Waals surface area contributed by atoms with Crippen LogP contribution in [0.5, 0.6) is 0 Å². The summed E-state index contributed by atoms with van der Waals surface area (Å²) in [5.74, 6) is 2.71. The fraction of sp³-hybridized carbons (Fsp3) is 0.611. The first-order chi connectivity index (χ1) is 10.1. The van der Waals surface area contributed by atoms with Gasteiger partial charge in [-0.25, -0.2) is 0 Å². The van der Waals surface area contributed by atoms with Crippen LogP contribution in [0.3, 0.4) is 0 Å². The number of para-hydroxylation sites is 1. The van der Waals surface area contributed by atoms with Gasteiger partial charge < -0.3 is 11.1 Å². The maximum absolute atomic E-state index is 12.8. The fourth-order valence-corrected chi connectivity index (χ4v) is 5.45. The van der Waals surface area contributed by atoms with Crippen molar-refractivity contribution < 1.29 is 4.79 Å². The number of carbonyl (C=O) groups is 1. The van der Waals surface area contributed by atoms with Gasteiger partial charge in [-0.1, -0.05) is 18.2 Å². The highest BCUT2D eigenvalue weighted by Crippen LogP contribution is 2.60. The molecule has 0 spiro atoms. The molecule has 112 valence electrons. The molecule has 3 nitrogen and oxygen atoms in total. The maximum Gasteiger partial charge on any atom is 0.226 e. The summed E-state index contributed by atoms with van der Waals surface area (Å²) in [5.41, 5.74) is 7.70. The molecule has 4 fully saturated rings. The molecule has 0 radical (unpaired) electrons. The predicted octanol–water partition coefficient (Wildman–Crippen LogP) is 3.10. The Hall–Kier alpha value is -1.51. The minimum absolute atomic E-state index is 0.0572. The normalized spacial score (nSPS) is 36.7. The topological polar surface area (TPSA) is 55.1 Å². The Morgan fingerprint density at radius 3 is 2.24 bits per heavy atom. The van der Waals surface area contributed by atoms with Crippen molar-refractivity contribution in [1.29, 1.82) is 0 Å². The monoisotopic (exact) mass is 284 g/mol. The van der Waals surface area contributed by atoms with Gasteiger partial charge in [-0.3, -0.25) is 4.79 Å². The fourth-order valence-electron chi connectivity index (χ4n) is 5.45. The van der Waals surface area contributed by atoms with Gasteiger partial charge in [0.05, 0.1) is 0 Å². The second-order valence-electron chi connectivity index (χ2n) is 7.58. The molecule has 4 aliphatic carbocycles. The van der Waals surface area contributed by atoms with E-state index in [1.807, 2.05) is 24.3 Å². The minimum atomic E-state index is -0.0572. The van der Waals surface area contributed by atoms with Gasteiger partial charge in [0.2, 0.25) is 5.91 Å². The molecule has 0 heterocycles. The third-order valence-electron chi connectivity index (χ3n) is 6.01. The number of carbonyl (C=O) groups excluding carboxylic acids is 1. The van der Waals surface area contributed by atoms with Gasteiger partial charge in [-0.15, -0.1) is 0 Å². The Kier molecular flexibility index (Phi) is 2.98. The van der Waals surface area contributed by atoms with E-state index < -0.39 is 0 Å². The Labute approximate surface area is 126 Å². The molecule has 1 amide bonds. The van der Waals surface area contributed by atoms with Crippen LogP contribution in [0.25, 0.3) is 0 Å². The highest BCUT2D eigenvalue weighted by molar-refractivity contribution is 5.83. The first kappa shape index (κ1) is 13.2. The van der Waals surface area contributed by atoms with Gasteiger partial charge >= 0.3 is 0 Å². The zero-order chi connectivity index (χ0) is 14.4. The number of hydrogen-bond donors (Lipinski definition) is 2. The largest absolute Gasteiger partial charge is 0.398 e. The van der Waals surface area contributed by atoms with Crippen LogP contribution >= 0.6 is 0 Å². The zero-order valence-electron chi connectivity index (χ0n) is 12.5. The quantitative estimate of drug-likeness (QED) is 0.838. The third-order valence-corrected chi connectivity index (χ3v) is 6.01. The lowest BCUT2D eigenvalue weighted by Crippen LogP contribution is -2.53. The molecule has 4 bridgehead atoms. The number of anilines is 1. The summed E-state index contributed by atoms with van der Waals surface area (Å²) >= 11 is 0. The second kappa shape index (κ2) is 4.75. The molecule has 5 rings (SSSR count). The lowest BCUT2D eigenvalue weighted by Gasteiger charge is -2.55. The Morgan fingerprint density at radius 2 is 1.67 bits per heavy atom. The highest BCUT2D eigenvalue weighted by Gasteiger charge is 2.54. The molecule has 4 aliphatic rings. The van der Waals surface area contributed by atoms with Gasteiger partial charge in [-0.05, 0) is 67.9 Å². The van der Waals surface area contributed by atoms with Crippen molar-refractivity contribution in [2.45, 2.75) is 45.1 Å². The molecule has 0 aromatic heterocycles. The Morgan fingerprint density at radius 1 is 1.10 bits per heavy atom. The third kappa shape index (κ3) is 2.23. The summed E-state index contributed by atoms with van der Waals surface area (Å²) in [5, 5.41) is 3.18. The molecular weight excluding hydrogens is 260 g/mol. The van der Waals surface area contributed by atoms with E-state index >= 15 is 0 Å². The van der Waals surface area contributed by atoms with Crippen molar-refractivity contribution >= 4 is 11.6 Å². The molecule has 0 aliphatic heterocycles. The van der Waals surface area contributed by atoms with E-state index in [-0.39, 0.29) is 11.3 Å². The molecule has 4 saturated carbocycles. The minimum Gasteiger partial charge on any atom is -0.398 e. The molecule has 1 aromatic carbocycles. The van der Waals surface area contributed by atoms with Gasteiger partial charge in [0.1, 0.15) is 0 Å². The van der Waals surface area contributed by atoms with Gasteiger partial charge in [0.15, 0.2) is 0 Å². The van der Waals surface area contributed by atoms with E-state index in [0.29, 0.717) is 6.54 Å². The molecule has 0 saturated heterocycles. The zero-order valence-corrected chi connectivity index (χ0v) is 12.5. The average molecular weight is 284 g/mol. The van der Waals surface area contributed by atoms with Crippen LogP contribution in [0.15, 0.2) is 24.3 Å². The summed E-state index contributed by atoms with van der Waals surface area (Å²) in [6, 6.07) is 7.80. The van der Waals surface area contributed by atoms with Gasteiger partial charge in [0.25, 0.3) is 0 Å². The van der Waals surface area contributed by atoms with E-state index in [2.05, 4.69) is 5.32 Å². The van der Waals surface area contributed by atoms with Crippen molar-refractivity contribution in [3.05, 3.63) is 29.8 Å². The summed E-state index contributed by atoms with van der Waals surface area (Å²) in [6.07, 6.45) is 7.48. The van der Waals surface area contributed by atoms with E-state index in [9.17, 15) is 4.79 Å². The van der Waals surface area contributed by atoms with E-state index in [1.165, 1.54) is 19.3 Å². The molecule has 3 N–H and O–H groups in total. The standard InChI is InChI=1S/C18H24N2O/c19-16-4-2-1-3-15(16)11-20-17(21)18-8-12-5-13(9-18)7-14(6-12)10-18/h1-4,12-14H,5-11,19H2,(H,20,21). The average Bonchev–Trinajstić information content (AvgIpc) is 2.44. The molecule has 3 heteroatoms. The summed E-state index contributed by atoms with van der Waals surface area (Å²) in [7, 11) is 0. The number of nitrogen functional groups attached to an aromatic ring is 1. The van der Waals surface area contributed by atoms with Crippen LogP contribution in [0.1, 0.15) is 44.1 Å². The molecule has 1 aromatic rings. The number of hydrogen-bond acceptors (Lipinski definition) is 2. The van der Waals surface area contributed by atoms with Crippen LogP contribution in [-0.4, -0.2) is 5.91 Å². The SMILES string of the molecule is Nc1ccccc1CNC(=O)C12CC3CC(CC(C3)C1)C2. The maximum atomic E-state index is 12.8. The predicted molar refractivity (Wildman–Crippen MR) is 83.3 cm³/mol. The molecule has 0 unspecified atom stereocenters. The smallest absolute Gasteiger partial charge is 0.226 e. The second-order valence-corrected chi connectivity index (χ2v) is 7.58. The summed E-state index contributed by atoms with van der Waals surface area (Å²) in [4.78, 5) is 12.8. The van der Waals surface area contributed by atoms with Crippen molar-refractivity contribution in [2.75, 3.05) is 5.73 Å². The highest BCUT2D eigenvalue weighted by atomic mass is 16.2. The van der Waals surface area contributed by atoms with Gasteiger partial charge in [0, 0.05) is 17.6 Å². The van der Waals surface area contributed by atoms with Crippen molar-refractivity contribution in [3.8, 4) is 0 Å². The van der Waals surface area contributed by atoms with Gasteiger partial charge in [-0.2, -0.15) is 0 Å². The molecule has 21 heavy (non-hydrogen) atoms. The summed E-state index contributed by atoms with van der Waals surface area (Å²) < 4.78 is 0. The molecular formula is C18H24N2O. The lowest BCUT2D eigenvalue weighted by atomic mass is 9.49.